The van der Waals surface area contributed by atoms with Gasteiger partial charge >= 0.3 is 0 Å². The van der Waals surface area contributed by atoms with Crippen molar-refractivity contribution in [2.75, 3.05) is 31.2 Å². The molecule has 2 amide bonds. The average Bonchev–Trinajstić information content (AvgIpc) is 3.22. The Morgan fingerprint density at radius 2 is 1.96 bits per heavy atom. The normalized spacial score (nSPS) is 24.1. The minimum Gasteiger partial charge on any atom is -0.381 e. The van der Waals surface area contributed by atoms with Crippen molar-refractivity contribution in [2.24, 2.45) is 0 Å². The summed E-state index contributed by atoms with van der Waals surface area (Å²) in [6.07, 6.45) is 5.55. The number of likely N-dealkylation sites (tertiary alicyclic amines) is 1. The highest BCUT2D eigenvalue weighted by Crippen LogP contribution is 2.41. The number of amides is 2. The molecule has 1 aromatic carbocycles. The van der Waals surface area contributed by atoms with Crippen LogP contribution in [0.3, 0.4) is 0 Å². The van der Waals surface area contributed by atoms with Crippen LogP contribution in [0.15, 0.2) is 24.3 Å². The van der Waals surface area contributed by atoms with Crippen LogP contribution >= 0.6 is 0 Å². The summed E-state index contributed by atoms with van der Waals surface area (Å²) in [6.45, 7) is 4.74. The van der Waals surface area contributed by atoms with Gasteiger partial charge in [-0.05, 0) is 43.7 Å². The molecule has 1 unspecified atom stereocenters. The van der Waals surface area contributed by atoms with Gasteiger partial charge in [0.2, 0.25) is 11.8 Å². The Hall–Kier alpha value is -1.88. The summed E-state index contributed by atoms with van der Waals surface area (Å²) < 4.78 is 5.52. The van der Waals surface area contributed by atoms with Gasteiger partial charge in [0, 0.05) is 56.8 Å². The molecule has 0 bridgehead atoms. The van der Waals surface area contributed by atoms with Gasteiger partial charge in [-0.3, -0.25) is 9.59 Å². The van der Waals surface area contributed by atoms with E-state index in [9.17, 15) is 9.59 Å². The van der Waals surface area contributed by atoms with Crippen LogP contribution in [0.1, 0.15) is 56.9 Å². The van der Waals surface area contributed by atoms with Crippen LogP contribution in [0, 0.1) is 0 Å². The van der Waals surface area contributed by atoms with Crippen molar-refractivity contribution in [3.05, 3.63) is 29.8 Å². The monoisotopic (exact) mass is 356 g/mol. The largest absolute Gasteiger partial charge is 0.381 e. The van der Waals surface area contributed by atoms with Gasteiger partial charge in [-0.2, -0.15) is 0 Å². The number of fused-ring (bicyclic) bond motifs is 1. The summed E-state index contributed by atoms with van der Waals surface area (Å²) in [5.41, 5.74) is 2.27. The zero-order valence-corrected chi connectivity index (χ0v) is 15.6. The lowest BCUT2D eigenvalue weighted by atomic mass is 9.87. The fourth-order valence-corrected chi connectivity index (χ4v) is 5.07. The van der Waals surface area contributed by atoms with E-state index in [0.717, 1.165) is 57.6 Å². The second-order valence-electron chi connectivity index (χ2n) is 7.91. The summed E-state index contributed by atoms with van der Waals surface area (Å²) >= 11 is 0. The predicted octanol–water partition coefficient (Wildman–Crippen LogP) is 3.09. The Labute approximate surface area is 155 Å². The Morgan fingerprint density at radius 1 is 1.19 bits per heavy atom. The summed E-state index contributed by atoms with van der Waals surface area (Å²) in [4.78, 5) is 28.9. The molecule has 140 valence electrons. The number of carbonyl (C=O) groups is 2. The number of hydrogen-bond donors (Lipinski definition) is 0. The first-order valence-electron chi connectivity index (χ1n) is 9.86. The Kier molecular flexibility index (Phi) is 4.74. The maximum atomic E-state index is 13.0. The molecule has 0 saturated carbocycles. The highest BCUT2D eigenvalue weighted by Gasteiger charge is 2.44. The SMILES string of the molecule is CC(=O)N1CC(CCC(=O)N2CCCC23CCOCC3)c2ccccc21. The first-order chi connectivity index (χ1) is 12.6. The Bertz CT molecular complexity index is 696. The van der Waals surface area contributed by atoms with Crippen molar-refractivity contribution < 1.29 is 14.3 Å². The molecule has 1 atom stereocenters. The van der Waals surface area contributed by atoms with Crippen LogP contribution in [0.2, 0.25) is 0 Å². The van der Waals surface area contributed by atoms with E-state index in [1.807, 2.05) is 23.1 Å². The number of nitrogens with zero attached hydrogens (tertiary/aromatic N) is 2. The molecular weight excluding hydrogens is 328 g/mol. The number of anilines is 1. The van der Waals surface area contributed by atoms with E-state index < -0.39 is 0 Å². The number of carbonyl (C=O) groups excluding carboxylic acids is 2. The lowest BCUT2D eigenvalue weighted by Gasteiger charge is -2.41. The Balaban J connectivity index is 1.43. The van der Waals surface area contributed by atoms with E-state index in [1.165, 1.54) is 5.56 Å². The molecular formula is C21H28N2O3. The summed E-state index contributed by atoms with van der Waals surface area (Å²) in [5.74, 6) is 0.613. The van der Waals surface area contributed by atoms with Crippen LogP contribution in [-0.2, 0) is 14.3 Å². The van der Waals surface area contributed by atoms with Crippen molar-refractivity contribution in [3.8, 4) is 0 Å². The standard InChI is InChI=1S/C21H28N2O3/c1-16(24)22-15-17(18-5-2-3-6-19(18)22)7-8-20(25)23-12-4-9-21(23)10-13-26-14-11-21/h2-3,5-6,17H,4,7-15H2,1H3. The maximum absolute atomic E-state index is 13.0. The van der Waals surface area contributed by atoms with Gasteiger partial charge in [-0.1, -0.05) is 18.2 Å². The molecule has 3 heterocycles. The van der Waals surface area contributed by atoms with Gasteiger partial charge in [-0.25, -0.2) is 0 Å². The first-order valence-corrected chi connectivity index (χ1v) is 9.86. The summed E-state index contributed by atoms with van der Waals surface area (Å²) in [5, 5.41) is 0. The smallest absolute Gasteiger partial charge is 0.223 e. The molecule has 1 spiro atoms. The molecule has 26 heavy (non-hydrogen) atoms. The number of benzene rings is 1. The zero-order chi connectivity index (χ0) is 18.1. The van der Waals surface area contributed by atoms with Crippen molar-refractivity contribution in [3.63, 3.8) is 0 Å². The van der Waals surface area contributed by atoms with E-state index in [0.29, 0.717) is 13.0 Å². The van der Waals surface area contributed by atoms with E-state index in [2.05, 4.69) is 11.0 Å². The number of para-hydroxylation sites is 1. The zero-order valence-electron chi connectivity index (χ0n) is 15.6. The van der Waals surface area contributed by atoms with Crippen molar-refractivity contribution >= 4 is 17.5 Å². The van der Waals surface area contributed by atoms with Gasteiger partial charge < -0.3 is 14.5 Å². The highest BCUT2D eigenvalue weighted by atomic mass is 16.5. The van der Waals surface area contributed by atoms with Crippen molar-refractivity contribution in [1.82, 2.24) is 4.90 Å². The molecule has 2 fully saturated rings. The minimum absolute atomic E-state index is 0.0499. The Morgan fingerprint density at radius 3 is 2.73 bits per heavy atom. The van der Waals surface area contributed by atoms with E-state index in [4.69, 9.17) is 4.74 Å². The molecule has 3 aliphatic heterocycles. The average molecular weight is 356 g/mol. The minimum atomic E-state index is 0.0499. The van der Waals surface area contributed by atoms with Gasteiger partial charge in [0.15, 0.2) is 0 Å². The second-order valence-corrected chi connectivity index (χ2v) is 7.91. The number of ether oxygens (including phenoxy) is 1. The van der Waals surface area contributed by atoms with Crippen molar-refractivity contribution in [1.29, 1.82) is 0 Å². The molecule has 3 aliphatic rings. The van der Waals surface area contributed by atoms with Crippen LogP contribution in [-0.4, -0.2) is 48.6 Å². The lowest BCUT2D eigenvalue weighted by molar-refractivity contribution is -0.138. The third kappa shape index (κ3) is 3.02. The van der Waals surface area contributed by atoms with Gasteiger partial charge in [0.25, 0.3) is 0 Å². The lowest BCUT2D eigenvalue weighted by Crippen LogP contribution is -2.50. The van der Waals surface area contributed by atoms with Crippen molar-refractivity contribution in [2.45, 2.75) is 56.9 Å². The number of hydrogen-bond acceptors (Lipinski definition) is 3. The quantitative estimate of drug-likeness (QED) is 0.836. The van der Waals surface area contributed by atoms with Crippen LogP contribution in [0.4, 0.5) is 5.69 Å². The number of rotatable bonds is 3. The van der Waals surface area contributed by atoms with Gasteiger partial charge in [0.05, 0.1) is 0 Å². The van der Waals surface area contributed by atoms with Crippen LogP contribution in [0.25, 0.3) is 0 Å². The van der Waals surface area contributed by atoms with Crippen LogP contribution < -0.4 is 4.90 Å². The fourth-order valence-electron chi connectivity index (χ4n) is 5.07. The first kappa shape index (κ1) is 17.5. The van der Waals surface area contributed by atoms with E-state index in [-0.39, 0.29) is 23.3 Å². The third-order valence-electron chi connectivity index (χ3n) is 6.48. The summed E-state index contributed by atoms with van der Waals surface area (Å²) in [7, 11) is 0. The molecule has 1 aromatic rings. The molecule has 0 radical (unpaired) electrons. The molecule has 5 nitrogen and oxygen atoms in total. The fraction of sp³-hybridized carbons (Fsp3) is 0.619. The molecule has 2 saturated heterocycles. The summed E-state index contributed by atoms with van der Waals surface area (Å²) in [6, 6.07) is 8.11. The maximum Gasteiger partial charge on any atom is 0.223 e. The highest BCUT2D eigenvalue weighted by molar-refractivity contribution is 5.94. The third-order valence-corrected chi connectivity index (χ3v) is 6.48. The molecule has 5 heteroatoms. The molecule has 0 aliphatic carbocycles. The predicted molar refractivity (Wildman–Crippen MR) is 100 cm³/mol. The van der Waals surface area contributed by atoms with Crippen LogP contribution in [0.5, 0.6) is 0 Å². The van der Waals surface area contributed by atoms with E-state index in [1.54, 1.807) is 6.92 Å². The second kappa shape index (κ2) is 7.03. The van der Waals surface area contributed by atoms with E-state index >= 15 is 0 Å². The van der Waals surface area contributed by atoms with Gasteiger partial charge in [0.1, 0.15) is 0 Å². The molecule has 0 aromatic heterocycles. The topological polar surface area (TPSA) is 49.9 Å². The molecule has 0 N–H and O–H groups in total. The molecule has 4 rings (SSSR count). The van der Waals surface area contributed by atoms with Gasteiger partial charge in [-0.15, -0.1) is 0 Å².